The number of nitrogens with two attached hydrogens (primary N) is 1. The van der Waals surface area contributed by atoms with Gasteiger partial charge in [-0.2, -0.15) is 0 Å². The number of hydrogen-bond acceptors (Lipinski definition) is 11. The third-order valence-corrected chi connectivity index (χ3v) is 14.3. The highest BCUT2D eigenvalue weighted by molar-refractivity contribution is 8.77. The summed E-state index contributed by atoms with van der Waals surface area (Å²) < 4.78 is 19.3. The number of nitrogens with zero attached hydrogens (tertiary/aromatic N) is 1. The van der Waals surface area contributed by atoms with Crippen molar-refractivity contribution in [2.45, 2.75) is 68.6 Å². The van der Waals surface area contributed by atoms with E-state index < -0.39 is 28.7 Å². The highest BCUT2D eigenvalue weighted by Crippen LogP contribution is 2.58. The summed E-state index contributed by atoms with van der Waals surface area (Å²) in [6.45, 7) is 6.67. The van der Waals surface area contributed by atoms with E-state index in [1.165, 1.54) is 6.07 Å². The van der Waals surface area contributed by atoms with Crippen LogP contribution >= 0.6 is 21.6 Å². The van der Waals surface area contributed by atoms with Crippen molar-refractivity contribution >= 4 is 44.4 Å². The predicted octanol–water partition coefficient (Wildman–Crippen LogP) is 4.52. The molecule has 2 aromatic rings. The van der Waals surface area contributed by atoms with Gasteiger partial charge in [-0.15, -0.1) is 0 Å². The Morgan fingerprint density at radius 2 is 2.08 bits per heavy atom. The molecule has 1 fully saturated rings. The molecule has 1 aromatic heterocycles. The molecule has 7 unspecified atom stereocenters. The lowest BCUT2D eigenvalue weighted by atomic mass is 9.61. The van der Waals surface area contributed by atoms with Crippen molar-refractivity contribution in [3.8, 4) is 5.75 Å². The molecular weight excluding hydrogens is 673 g/mol. The van der Waals surface area contributed by atoms with Gasteiger partial charge in [0.05, 0.1) is 29.5 Å². The first-order valence-electron chi connectivity index (χ1n) is 17.2. The monoisotopic (exact) mass is 714 g/mol. The first-order valence-corrected chi connectivity index (χ1v) is 19.6. The number of carbonyl (C=O) groups is 2. The smallest absolute Gasteiger partial charge is 0.336 e. The van der Waals surface area contributed by atoms with Gasteiger partial charge in [0, 0.05) is 66.7 Å². The van der Waals surface area contributed by atoms with E-state index in [4.69, 9.17) is 19.6 Å². The molecule has 10 nitrogen and oxygen atoms in total. The zero-order valence-electron chi connectivity index (χ0n) is 28.6. The van der Waals surface area contributed by atoms with E-state index >= 15 is 0 Å². The number of benzene rings is 1. The highest BCUT2D eigenvalue weighted by Gasteiger charge is 2.64. The molecule has 6 aliphatic rings. The molecule has 2 aliphatic carbocycles. The molecule has 0 bridgehead atoms. The number of amides is 1. The van der Waals surface area contributed by atoms with Crippen LogP contribution in [0.1, 0.15) is 39.2 Å². The zero-order valence-corrected chi connectivity index (χ0v) is 30.2. The van der Waals surface area contributed by atoms with Crippen molar-refractivity contribution in [2.24, 2.45) is 17.6 Å². The standard InChI is InChI=1S/C38H42N4O6S2/c1-5-20(2)36(45)48-37(3)11-10-22-19-49-50-30-8-7-27(40-4)26-18-42(35(26)30)32(43)13-24-17-41-31(39)14-25(24)34(22)38(37)16-23-12-21-6-9-33(44)46-28(21)15-29(23)47-38/h5-10,12,14-15,26-27,30,34-35,40-41H,11,13,16-19,39H2,1-4H3. The number of rotatable bonds is 3. The van der Waals surface area contributed by atoms with Crippen LogP contribution in [-0.4, -0.2) is 71.2 Å². The second-order valence-electron chi connectivity index (χ2n) is 14.3. The van der Waals surface area contributed by atoms with Gasteiger partial charge in [-0.05, 0) is 62.7 Å². The number of fused-ring (bicyclic) bond motifs is 5. The molecule has 0 saturated carbocycles. The highest BCUT2D eigenvalue weighted by atomic mass is 33.1. The minimum atomic E-state index is -1.12. The predicted molar refractivity (Wildman–Crippen MR) is 196 cm³/mol. The van der Waals surface area contributed by atoms with E-state index in [0.717, 1.165) is 27.7 Å². The normalized spacial score (nSPS) is 33.4. The van der Waals surface area contributed by atoms with Crippen LogP contribution < -0.4 is 26.7 Å². The Bertz CT molecular complexity index is 2020. The van der Waals surface area contributed by atoms with Crippen LogP contribution in [0.2, 0.25) is 0 Å². The van der Waals surface area contributed by atoms with Gasteiger partial charge < -0.3 is 35.2 Å². The molecule has 1 aromatic carbocycles. The van der Waals surface area contributed by atoms with Gasteiger partial charge in [0.2, 0.25) is 5.91 Å². The minimum Gasteiger partial charge on any atom is -0.481 e. The van der Waals surface area contributed by atoms with Gasteiger partial charge >= 0.3 is 11.6 Å². The summed E-state index contributed by atoms with van der Waals surface area (Å²) in [6.07, 6.45) is 11.5. The van der Waals surface area contributed by atoms with Crippen LogP contribution in [-0.2, 0) is 20.7 Å². The Morgan fingerprint density at radius 3 is 2.88 bits per heavy atom. The summed E-state index contributed by atoms with van der Waals surface area (Å²) >= 11 is 0. The lowest BCUT2D eigenvalue weighted by Gasteiger charge is -2.55. The molecule has 8 rings (SSSR count). The number of ether oxygens (including phenoxy) is 2. The minimum absolute atomic E-state index is 0.0981. The van der Waals surface area contributed by atoms with Crippen LogP contribution in [0, 0.1) is 11.8 Å². The summed E-state index contributed by atoms with van der Waals surface area (Å²) in [5, 5.41) is 7.67. The summed E-state index contributed by atoms with van der Waals surface area (Å²) in [7, 11) is 5.59. The van der Waals surface area contributed by atoms with Crippen molar-refractivity contribution in [1.82, 2.24) is 15.5 Å². The van der Waals surface area contributed by atoms with Crippen molar-refractivity contribution in [2.75, 3.05) is 25.9 Å². The van der Waals surface area contributed by atoms with Gasteiger partial charge in [0.1, 0.15) is 11.3 Å². The molecule has 4 aliphatic heterocycles. The third-order valence-electron chi connectivity index (χ3n) is 11.6. The molecule has 5 heterocycles. The molecule has 262 valence electrons. The Labute approximate surface area is 299 Å². The number of likely N-dealkylation sites (N-methyl/N-ethyl adjacent to an activating group) is 1. The fraction of sp³-hybridized carbons (Fsp3) is 0.447. The zero-order chi connectivity index (χ0) is 34.9. The molecule has 7 atom stereocenters. The summed E-state index contributed by atoms with van der Waals surface area (Å²) in [5.74, 6) is 1.44. The van der Waals surface area contributed by atoms with Crippen LogP contribution in [0.15, 0.2) is 92.0 Å². The van der Waals surface area contributed by atoms with Crippen LogP contribution in [0.5, 0.6) is 5.75 Å². The quantitative estimate of drug-likeness (QED) is 0.136. The van der Waals surface area contributed by atoms with E-state index in [-0.39, 0.29) is 29.7 Å². The number of hydrogen-bond donors (Lipinski definition) is 3. The van der Waals surface area contributed by atoms with Gasteiger partial charge in [0.15, 0.2) is 11.2 Å². The van der Waals surface area contributed by atoms with Gasteiger partial charge in [-0.3, -0.25) is 4.79 Å². The molecule has 4 N–H and O–H groups in total. The molecule has 50 heavy (non-hydrogen) atoms. The first kappa shape index (κ1) is 33.3. The van der Waals surface area contributed by atoms with E-state index in [2.05, 4.69) is 33.8 Å². The number of carbonyl (C=O) groups excluding carboxylic acids is 2. The SMILES string of the molecule is CC=C(C)C(=O)OC1(C)CC=C2CSSC3C=CC(NC)C4CN(C(=O)CC5=C(C=C(N)NC5)C2C12Cc1cc5ccc(=O)oc5cc1O2)C34. The van der Waals surface area contributed by atoms with Gasteiger partial charge in [0.25, 0.3) is 0 Å². The van der Waals surface area contributed by atoms with Crippen LogP contribution in [0.4, 0.5) is 0 Å². The number of dihydropyridines is 1. The van der Waals surface area contributed by atoms with Crippen LogP contribution in [0.3, 0.4) is 0 Å². The Hall–Kier alpha value is -3.87. The Morgan fingerprint density at radius 1 is 1.24 bits per heavy atom. The lowest BCUT2D eigenvalue weighted by Crippen LogP contribution is -2.68. The lowest BCUT2D eigenvalue weighted by molar-refractivity contribution is -0.186. The molecule has 1 spiro atoms. The number of nitrogens with one attached hydrogen (secondary N) is 2. The number of allylic oxidation sites excluding steroid dienone is 2. The van der Waals surface area contributed by atoms with Gasteiger partial charge in [-0.25, -0.2) is 9.59 Å². The maximum Gasteiger partial charge on any atom is 0.336 e. The third kappa shape index (κ3) is 5.24. The van der Waals surface area contributed by atoms with Crippen molar-refractivity contribution in [1.29, 1.82) is 0 Å². The van der Waals surface area contributed by atoms with Crippen molar-refractivity contribution in [3.63, 3.8) is 0 Å². The summed E-state index contributed by atoms with van der Waals surface area (Å²) in [6, 6.07) is 7.32. The first-order chi connectivity index (χ1) is 24.0. The summed E-state index contributed by atoms with van der Waals surface area (Å²) in [4.78, 5) is 42.1. The average molecular weight is 715 g/mol. The average Bonchev–Trinajstić information content (AvgIpc) is 3.45. The topological polar surface area (TPSA) is 136 Å². The number of esters is 1. The molecule has 1 saturated heterocycles. The van der Waals surface area contributed by atoms with Gasteiger partial charge in [-0.1, -0.05) is 51.5 Å². The molecular formula is C38H42N4O6S2. The van der Waals surface area contributed by atoms with Crippen molar-refractivity contribution in [3.05, 3.63) is 98.7 Å². The second-order valence-corrected chi connectivity index (χ2v) is 16.9. The van der Waals surface area contributed by atoms with E-state index in [0.29, 0.717) is 60.3 Å². The fourth-order valence-electron chi connectivity index (χ4n) is 8.69. The summed E-state index contributed by atoms with van der Waals surface area (Å²) in [5.41, 5.74) is 8.73. The Kier molecular flexibility index (Phi) is 8.27. The van der Waals surface area contributed by atoms with E-state index in [9.17, 15) is 14.4 Å². The molecule has 0 radical (unpaired) electrons. The van der Waals surface area contributed by atoms with Crippen LogP contribution in [0.25, 0.3) is 11.0 Å². The van der Waals surface area contributed by atoms with E-state index in [1.807, 2.05) is 43.8 Å². The maximum atomic E-state index is 14.2. The Balaban J connectivity index is 1.29. The van der Waals surface area contributed by atoms with Crippen molar-refractivity contribution < 1.29 is 23.5 Å². The largest absolute Gasteiger partial charge is 0.481 e. The molecule has 12 heteroatoms. The second kappa shape index (κ2) is 12.4. The maximum absolute atomic E-state index is 14.2. The van der Waals surface area contributed by atoms with E-state index in [1.54, 1.807) is 35.9 Å². The molecule has 1 amide bonds. The fourth-order valence-corrected chi connectivity index (χ4v) is 11.6.